The van der Waals surface area contributed by atoms with Crippen LogP contribution in [0.15, 0.2) is 30.5 Å². The number of benzene rings is 1. The first-order chi connectivity index (χ1) is 12.3. The topological polar surface area (TPSA) is 77.7 Å². The van der Waals surface area contributed by atoms with E-state index in [9.17, 15) is 8.42 Å². The Balaban J connectivity index is 1.87. The molecule has 0 amide bonds. The van der Waals surface area contributed by atoms with E-state index in [-0.39, 0.29) is 11.5 Å². The summed E-state index contributed by atoms with van der Waals surface area (Å²) in [5.41, 5.74) is 0.212. The molecule has 136 valence electrons. The summed E-state index contributed by atoms with van der Waals surface area (Å²) in [5.74, 6) is 1.43. The van der Waals surface area contributed by atoms with Crippen LogP contribution in [0.3, 0.4) is 0 Å². The Hall–Kier alpha value is -1.77. The summed E-state index contributed by atoms with van der Waals surface area (Å²) in [6.07, 6.45) is 2.28. The van der Waals surface area contributed by atoms with Crippen molar-refractivity contribution in [3.05, 3.63) is 40.5 Å². The largest absolute Gasteiger partial charge is 0.249 e. The highest BCUT2D eigenvalue weighted by atomic mass is 35.5. The van der Waals surface area contributed by atoms with E-state index in [1.807, 2.05) is 26.0 Å². The van der Waals surface area contributed by atoms with Crippen molar-refractivity contribution in [1.29, 1.82) is 0 Å². The second-order valence-corrected chi connectivity index (χ2v) is 10.6. The maximum absolute atomic E-state index is 12.1. The Labute approximate surface area is 160 Å². The molecule has 2 aromatic heterocycles. The van der Waals surface area contributed by atoms with E-state index in [1.54, 1.807) is 23.0 Å². The normalized spacial score (nSPS) is 22.0. The van der Waals surface area contributed by atoms with Crippen molar-refractivity contribution in [2.24, 2.45) is 0 Å². The molecule has 1 atom stereocenters. The number of aromatic nitrogens is 4. The van der Waals surface area contributed by atoms with Crippen molar-refractivity contribution in [2.75, 3.05) is 11.5 Å². The third kappa shape index (κ3) is 3.17. The molecule has 3 aromatic rings. The lowest BCUT2D eigenvalue weighted by molar-refractivity contribution is 0.333. The van der Waals surface area contributed by atoms with Crippen molar-refractivity contribution < 1.29 is 8.42 Å². The van der Waals surface area contributed by atoms with Gasteiger partial charge in [0, 0.05) is 16.8 Å². The summed E-state index contributed by atoms with van der Waals surface area (Å²) in [7, 11) is -3.08. The van der Waals surface area contributed by atoms with E-state index in [0.717, 1.165) is 15.4 Å². The van der Waals surface area contributed by atoms with Crippen LogP contribution in [-0.4, -0.2) is 39.7 Å². The molecular formula is C17H17ClN4O2S2. The van der Waals surface area contributed by atoms with Crippen LogP contribution in [0.5, 0.6) is 0 Å². The van der Waals surface area contributed by atoms with Crippen LogP contribution in [-0.2, 0) is 15.4 Å². The zero-order valence-electron chi connectivity index (χ0n) is 14.3. The van der Waals surface area contributed by atoms with Gasteiger partial charge in [0.2, 0.25) is 0 Å². The van der Waals surface area contributed by atoms with Crippen LogP contribution < -0.4 is 0 Å². The van der Waals surface area contributed by atoms with Crippen LogP contribution in [0.4, 0.5) is 0 Å². The first-order valence-corrected chi connectivity index (χ1v) is 11.1. The second-order valence-electron chi connectivity index (χ2n) is 6.76. The molecule has 9 heteroatoms. The summed E-state index contributed by atoms with van der Waals surface area (Å²) >= 11 is 7.49. The third-order valence-electron chi connectivity index (χ3n) is 4.55. The molecule has 1 fully saturated rings. The Kier molecular flexibility index (Phi) is 4.17. The average Bonchev–Trinajstić information content (AvgIpc) is 3.26. The van der Waals surface area contributed by atoms with E-state index in [1.165, 1.54) is 11.3 Å². The number of halogens is 1. The minimum atomic E-state index is -3.08. The van der Waals surface area contributed by atoms with Gasteiger partial charge in [-0.2, -0.15) is 0 Å². The average molecular weight is 409 g/mol. The minimum Gasteiger partial charge on any atom is -0.249 e. The maximum Gasteiger partial charge on any atom is 0.181 e. The molecule has 0 spiro atoms. The number of aryl methyl sites for hydroxylation is 1. The highest BCUT2D eigenvalue weighted by Gasteiger charge is 2.42. The van der Waals surface area contributed by atoms with Crippen molar-refractivity contribution in [3.8, 4) is 22.1 Å². The van der Waals surface area contributed by atoms with Crippen LogP contribution in [0.1, 0.15) is 18.4 Å². The predicted octanol–water partition coefficient (Wildman–Crippen LogP) is 3.56. The van der Waals surface area contributed by atoms with Crippen LogP contribution in [0.2, 0.25) is 5.02 Å². The van der Waals surface area contributed by atoms with Crippen molar-refractivity contribution in [3.63, 3.8) is 0 Å². The van der Waals surface area contributed by atoms with Crippen molar-refractivity contribution >= 4 is 32.8 Å². The van der Waals surface area contributed by atoms with Gasteiger partial charge in [0.25, 0.3) is 0 Å². The molecule has 1 saturated heterocycles. The van der Waals surface area contributed by atoms with Gasteiger partial charge < -0.3 is 0 Å². The lowest BCUT2D eigenvalue weighted by atomic mass is 10.0. The number of hydrogen-bond acceptors (Lipinski definition) is 6. The predicted molar refractivity (Wildman–Crippen MR) is 103 cm³/mol. The van der Waals surface area contributed by atoms with Crippen molar-refractivity contribution in [1.82, 2.24) is 19.7 Å². The molecule has 0 radical (unpaired) electrons. The lowest BCUT2D eigenvalue weighted by Crippen LogP contribution is -2.33. The van der Waals surface area contributed by atoms with E-state index in [0.29, 0.717) is 23.1 Å². The molecule has 4 rings (SSSR count). The molecule has 1 unspecified atom stereocenters. The van der Waals surface area contributed by atoms with Gasteiger partial charge in [-0.25, -0.2) is 23.1 Å². The molecule has 1 aliphatic rings. The van der Waals surface area contributed by atoms with Crippen molar-refractivity contribution in [2.45, 2.75) is 25.8 Å². The second kappa shape index (κ2) is 6.14. The van der Waals surface area contributed by atoms with Crippen LogP contribution >= 0.6 is 22.9 Å². The van der Waals surface area contributed by atoms with Crippen LogP contribution in [0, 0.1) is 6.92 Å². The highest BCUT2D eigenvalue weighted by Crippen LogP contribution is 2.36. The molecule has 6 nitrogen and oxygen atoms in total. The van der Waals surface area contributed by atoms with E-state index >= 15 is 0 Å². The number of thiazole rings is 1. The van der Waals surface area contributed by atoms with Gasteiger partial charge in [-0.15, -0.1) is 16.4 Å². The Morgan fingerprint density at radius 3 is 2.58 bits per heavy atom. The smallest absolute Gasteiger partial charge is 0.181 e. The number of sulfone groups is 1. The zero-order valence-corrected chi connectivity index (χ0v) is 16.7. The number of nitrogens with zero attached hydrogens (tertiary/aromatic N) is 4. The summed E-state index contributed by atoms with van der Waals surface area (Å²) < 4.78 is 26.0. The van der Waals surface area contributed by atoms with E-state index in [2.05, 4.69) is 4.98 Å². The highest BCUT2D eigenvalue weighted by molar-refractivity contribution is 7.91. The minimum absolute atomic E-state index is 0.0637. The fourth-order valence-corrected chi connectivity index (χ4v) is 6.18. The molecule has 0 bridgehead atoms. The summed E-state index contributed by atoms with van der Waals surface area (Å²) in [6, 6.07) is 7.29. The molecule has 0 saturated carbocycles. The summed E-state index contributed by atoms with van der Waals surface area (Å²) in [4.78, 5) is 9.90. The van der Waals surface area contributed by atoms with Crippen LogP contribution in [0.25, 0.3) is 22.1 Å². The first-order valence-electron chi connectivity index (χ1n) is 8.12. The Morgan fingerprint density at radius 2 is 2.00 bits per heavy atom. The molecule has 1 aromatic carbocycles. The van der Waals surface area contributed by atoms with Gasteiger partial charge in [0.05, 0.1) is 26.9 Å². The van der Waals surface area contributed by atoms with Gasteiger partial charge in [0.15, 0.2) is 21.5 Å². The van der Waals surface area contributed by atoms with Gasteiger partial charge in [-0.05, 0) is 44.5 Å². The molecule has 1 aliphatic heterocycles. The van der Waals surface area contributed by atoms with Gasteiger partial charge in [-0.3, -0.25) is 0 Å². The van der Waals surface area contributed by atoms with E-state index < -0.39 is 15.4 Å². The molecular weight excluding hydrogens is 392 g/mol. The summed E-state index contributed by atoms with van der Waals surface area (Å²) in [5, 5.41) is 6.25. The van der Waals surface area contributed by atoms with Gasteiger partial charge >= 0.3 is 0 Å². The Morgan fingerprint density at radius 1 is 1.27 bits per heavy atom. The molecule has 26 heavy (non-hydrogen) atoms. The maximum atomic E-state index is 12.1. The van der Waals surface area contributed by atoms with Gasteiger partial charge in [-0.1, -0.05) is 11.6 Å². The fourth-order valence-electron chi connectivity index (χ4n) is 3.19. The van der Waals surface area contributed by atoms with Gasteiger partial charge in [0.1, 0.15) is 0 Å². The zero-order chi connectivity index (χ0) is 18.5. The SMILES string of the molecule is Cc1ncc(-c2nc(-c3ccc(Cl)cc3)nn2C2(C)CCS(=O)(=O)C2)s1. The number of hydrogen-bond donors (Lipinski definition) is 0. The molecule has 3 heterocycles. The molecule has 0 N–H and O–H groups in total. The quantitative estimate of drug-likeness (QED) is 0.662. The number of rotatable bonds is 3. The standard InChI is InChI=1S/C17H17ClN4O2S2/c1-11-19-9-14(25-11)16-20-15(12-3-5-13(18)6-4-12)21-22(16)17(2)7-8-26(23,24)10-17/h3-6,9H,7-8,10H2,1-2H3. The molecule has 0 aliphatic carbocycles. The first kappa shape index (κ1) is 17.6. The summed E-state index contributed by atoms with van der Waals surface area (Å²) in [6.45, 7) is 3.85. The fraction of sp³-hybridized carbons (Fsp3) is 0.353. The van der Waals surface area contributed by atoms with E-state index in [4.69, 9.17) is 21.7 Å². The Bertz CT molecular complexity index is 1070. The lowest BCUT2D eigenvalue weighted by Gasteiger charge is -2.23. The third-order valence-corrected chi connectivity index (χ3v) is 7.59. The monoisotopic (exact) mass is 408 g/mol.